The van der Waals surface area contributed by atoms with E-state index in [1.807, 2.05) is 36.4 Å². The van der Waals surface area contributed by atoms with E-state index in [1.54, 1.807) is 35.4 Å². The number of carboxylic acids is 1. The Hall–Kier alpha value is -3.72. The van der Waals surface area contributed by atoms with Gasteiger partial charge in [-0.2, -0.15) is 10.4 Å². The average molecular weight is 316 g/mol. The van der Waals surface area contributed by atoms with Crippen LogP contribution in [0.4, 0.5) is 0 Å². The average Bonchev–Trinajstić information content (AvgIpc) is 3.05. The van der Waals surface area contributed by atoms with Gasteiger partial charge in [-0.1, -0.05) is 18.2 Å². The summed E-state index contributed by atoms with van der Waals surface area (Å²) in [5.41, 5.74) is 2.30. The smallest absolute Gasteiger partial charge is 0.346 e. The lowest BCUT2D eigenvalue weighted by atomic mass is 10.1. The summed E-state index contributed by atoms with van der Waals surface area (Å²) in [6.07, 6.45) is 6.29. The monoisotopic (exact) mass is 316 g/mol. The fourth-order valence-electron chi connectivity index (χ4n) is 2.23. The number of carbonyl (C=O) groups is 1. The minimum atomic E-state index is -1.28. The summed E-state index contributed by atoms with van der Waals surface area (Å²) >= 11 is 0. The first-order valence-electron chi connectivity index (χ1n) is 7.09. The molecule has 0 aliphatic carbocycles. The third-order valence-corrected chi connectivity index (χ3v) is 3.35. The molecule has 6 heteroatoms. The lowest BCUT2D eigenvalue weighted by Crippen LogP contribution is -1.97. The molecule has 0 amide bonds. The van der Waals surface area contributed by atoms with Gasteiger partial charge in [-0.3, -0.25) is 4.98 Å². The molecular formula is C18H12N4O2. The highest BCUT2D eigenvalue weighted by Gasteiger charge is 2.14. The summed E-state index contributed by atoms with van der Waals surface area (Å²) in [6, 6.07) is 14.7. The highest BCUT2D eigenvalue weighted by atomic mass is 16.4. The van der Waals surface area contributed by atoms with Crippen molar-refractivity contribution in [2.45, 2.75) is 0 Å². The Morgan fingerprint density at radius 2 is 2.00 bits per heavy atom. The first-order chi connectivity index (χ1) is 11.7. The molecule has 0 aliphatic rings. The van der Waals surface area contributed by atoms with Crippen molar-refractivity contribution in [3.8, 4) is 23.0 Å². The van der Waals surface area contributed by atoms with Gasteiger partial charge in [0.1, 0.15) is 17.3 Å². The lowest BCUT2D eigenvalue weighted by Gasteiger charge is -1.99. The SMILES string of the molecule is N#C/C(=C/c1cn(-c2ccccc2)nc1-c1cccnc1)C(=O)O. The van der Waals surface area contributed by atoms with Crippen molar-refractivity contribution in [1.82, 2.24) is 14.8 Å². The standard InChI is InChI=1S/C18H12N4O2/c19-10-14(18(23)24)9-15-12-22(16-6-2-1-3-7-16)21-17(15)13-5-4-8-20-11-13/h1-9,11-12H,(H,23,24)/b14-9-. The fraction of sp³-hybridized carbons (Fsp3) is 0. The molecule has 2 aromatic heterocycles. The maximum atomic E-state index is 11.1. The zero-order valence-corrected chi connectivity index (χ0v) is 12.5. The Morgan fingerprint density at radius 3 is 2.62 bits per heavy atom. The molecule has 0 fully saturated rings. The number of aliphatic carboxylic acids is 1. The second-order valence-corrected chi connectivity index (χ2v) is 4.93. The molecule has 1 aromatic carbocycles. The van der Waals surface area contributed by atoms with Crippen LogP contribution in [0, 0.1) is 11.3 Å². The van der Waals surface area contributed by atoms with Crippen molar-refractivity contribution >= 4 is 12.0 Å². The first-order valence-corrected chi connectivity index (χ1v) is 7.09. The van der Waals surface area contributed by atoms with E-state index in [0.717, 1.165) is 11.3 Å². The summed E-state index contributed by atoms with van der Waals surface area (Å²) in [5, 5.41) is 22.6. The number of carboxylic acid groups (broad SMARTS) is 1. The van der Waals surface area contributed by atoms with Crippen molar-refractivity contribution in [2.75, 3.05) is 0 Å². The number of para-hydroxylation sites is 1. The number of rotatable bonds is 4. The summed E-state index contributed by atoms with van der Waals surface area (Å²) in [4.78, 5) is 15.2. The molecule has 0 spiro atoms. The van der Waals surface area contributed by atoms with Crippen LogP contribution in [-0.4, -0.2) is 25.8 Å². The Balaban J connectivity index is 2.18. The molecule has 2 heterocycles. The summed E-state index contributed by atoms with van der Waals surface area (Å²) in [6.45, 7) is 0. The molecule has 0 saturated carbocycles. The normalized spacial score (nSPS) is 11.0. The van der Waals surface area contributed by atoms with Gasteiger partial charge in [-0.05, 0) is 30.3 Å². The van der Waals surface area contributed by atoms with Crippen molar-refractivity contribution in [2.24, 2.45) is 0 Å². The molecule has 3 aromatic rings. The Morgan fingerprint density at radius 1 is 1.21 bits per heavy atom. The van der Waals surface area contributed by atoms with Gasteiger partial charge in [0.05, 0.1) is 5.69 Å². The second kappa shape index (κ2) is 6.58. The molecule has 3 rings (SSSR count). The quantitative estimate of drug-likeness (QED) is 0.590. The van der Waals surface area contributed by atoms with Crippen LogP contribution in [0.1, 0.15) is 5.56 Å². The molecule has 24 heavy (non-hydrogen) atoms. The van der Waals surface area contributed by atoms with E-state index in [-0.39, 0.29) is 5.57 Å². The van der Waals surface area contributed by atoms with Gasteiger partial charge >= 0.3 is 5.97 Å². The number of hydrogen-bond acceptors (Lipinski definition) is 4. The number of hydrogen-bond donors (Lipinski definition) is 1. The predicted octanol–water partition coefficient (Wildman–Crippen LogP) is 2.93. The number of pyridine rings is 1. The zero-order valence-electron chi connectivity index (χ0n) is 12.5. The predicted molar refractivity (Wildman–Crippen MR) is 88.0 cm³/mol. The molecule has 6 nitrogen and oxygen atoms in total. The topological polar surface area (TPSA) is 91.8 Å². The highest BCUT2D eigenvalue weighted by molar-refractivity contribution is 5.97. The molecule has 0 aliphatic heterocycles. The van der Waals surface area contributed by atoms with Crippen molar-refractivity contribution in [3.63, 3.8) is 0 Å². The zero-order chi connectivity index (χ0) is 16.9. The number of aromatic nitrogens is 3. The molecule has 1 N–H and O–H groups in total. The number of benzene rings is 1. The van der Waals surface area contributed by atoms with Crippen molar-refractivity contribution in [3.05, 3.63) is 72.2 Å². The molecule has 0 saturated heterocycles. The third-order valence-electron chi connectivity index (χ3n) is 3.35. The maximum absolute atomic E-state index is 11.1. The van der Waals surface area contributed by atoms with E-state index < -0.39 is 5.97 Å². The Bertz CT molecular complexity index is 938. The number of nitriles is 1. The molecule has 0 unspecified atom stereocenters. The summed E-state index contributed by atoms with van der Waals surface area (Å²) < 4.78 is 1.64. The summed E-state index contributed by atoms with van der Waals surface area (Å²) in [5.74, 6) is -1.28. The van der Waals surface area contributed by atoms with Crippen LogP contribution in [0.3, 0.4) is 0 Å². The first kappa shape index (κ1) is 15.2. The van der Waals surface area contributed by atoms with Gasteiger partial charge in [0.15, 0.2) is 0 Å². The third kappa shape index (κ3) is 3.05. The van der Waals surface area contributed by atoms with Crippen LogP contribution >= 0.6 is 0 Å². The van der Waals surface area contributed by atoms with E-state index in [4.69, 9.17) is 10.4 Å². The van der Waals surface area contributed by atoms with E-state index in [1.165, 1.54) is 6.08 Å². The van der Waals surface area contributed by atoms with E-state index in [0.29, 0.717) is 11.3 Å². The highest BCUT2D eigenvalue weighted by Crippen LogP contribution is 2.25. The molecule has 0 radical (unpaired) electrons. The van der Waals surface area contributed by atoms with Crippen molar-refractivity contribution < 1.29 is 9.90 Å². The van der Waals surface area contributed by atoms with Gasteiger partial charge < -0.3 is 5.11 Å². The van der Waals surface area contributed by atoms with Crippen LogP contribution in [0.15, 0.2) is 66.6 Å². The second-order valence-electron chi connectivity index (χ2n) is 4.93. The van der Waals surface area contributed by atoms with Crippen LogP contribution in [0.2, 0.25) is 0 Å². The molecule has 116 valence electrons. The van der Waals surface area contributed by atoms with Crippen LogP contribution in [0.25, 0.3) is 23.0 Å². The van der Waals surface area contributed by atoms with Gasteiger partial charge in [-0.25, -0.2) is 9.48 Å². The van der Waals surface area contributed by atoms with Gasteiger partial charge in [0.25, 0.3) is 0 Å². The minimum Gasteiger partial charge on any atom is -0.477 e. The minimum absolute atomic E-state index is 0.354. The van der Waals surface area contributed by atoms with Gasteiger partial charge in [0, 0.05) is 29.7 Å². The van der Waals surface area contributed by atoms with E-state index >= 15 is 0 Å². The lowest BCUT2D eigenvalue weighted by molar-refractivity contribution is -0.132. The van der Waals surface area contributed by atoms with Crippen LogP contribution in [-0.2, 0) is 4.79 Å². The van der Waals surface area contributed by atoms with E-state index in [9.17, 15) is 4.79 Å². The largest absolute Gasteiger partial charge is 0.477 e. The van der Waals surface area contributed by atoms with Gasteiger partial charge in [-0.15, -0.1) is 0 Å². The van der Waals surface area contributed by atoms with Gasteiger partial charge in [0.2, 0.25) is 0 Å². The maximum Gasteiger partial charge on any atom is 0.346 e. The van der Waals surface area contributed by atoms with Crippen molar-refractivity contribution in [1.29, 1.82) is 5.26 Å². The van der Waals surface area contributed by atoms with E-state index in [2.05, 4.69) is 10.1 Å². The van der Waals surface area contributed by atoms with Crippen LogP contribution < -0.4 is 0 Å². The molecular weight excluding hydrogens is 304 g/mol. The molecule has 0 bridgehead atoms. The Labute approximate surface area is 137 Å². The number of nitrogens with zero attached hydrogens (tertiary/aromatic N) is 4. The fourth-order valence-corrected chi connectivity index (χ4v) is 2.23. The Kier molecular flexibility index (Phi) is 4.17. The summed E-state index contributed by atoms with van der Waals surface area (Å²) in [7, 11) is 0. The van der Waals surface area contributed by atoms with Crippen LogP contribution in [0.5, 0.6) is 0 Å². The molecule has 0 atom stereocenters.